The largest absolute Gasteiger partial charge is 0.503 e. The Bertz CT molecular complexity index is 1360. The second-order valence-electron chi connectivity index (χ2n) is 7.27. The van der Waals surface area contributed by atoms with E-state index in [1.165, 1.54) is 53.7 Å². The topological polar surface area (TPSA) is 113 Å². The van der Waals surface area contributed by atoms with E-state index in [-0.39, 0.29) is 22.1 Å². The maximum Gasteiger partial charge on any atom is 0.262 e. The Hall–Kier alpha value is -4.12. The fourth-order valence-corrected chi connectivity index (χ4v) is 4.50. The summed E-state index contributed by atoms with van der Waals surface area (Å²) in [6.45, 7) is 0. The van der Waals surface area contributed by atoms with Crippen molar-refractivity contribution in [3.8, 4) is 34.5 Å². The van der Waals surface area contributed by atoms with Gasteiger partial charge in [-0.1, -0.05) is 12.2 Å². The fraction of sp³-hybridized carbons (Fsp3) is 0.200. The van der Waals surface area contributed by atoms with E-state index >= 15 is 0 Å². The molecule has 0 amide bonds. The van der Waals surface area contributed by atoms with Crippen molar-refractivity contribution in [1.29, 1.82) is 0 Å². The second kappa shape index (κ2) is 11.1. The molecule has 3 aromatic carbocycles. The Labute approximate surface area is 208 Å². The number of hydrogen-bond acceptors (Lipinski definition) is 8. The lowest BCUT2D eigenvalue weighted by Crippen LogP contribution is -2.14. The highest BCUT2D eigenvalue weighted by Gasteiger charge is 2.22. The minimum absolute atomic E-state index is 0.0403. The zero-order valence-electron chi connectivity index (χ0n) is 20.3. The van der Waals surface area contributed by atoms with E-state index in [9.17, 15) is 17.9 Å². The number of nitrogens with one attached hydrogen (secondary N) is 1. The molecule has 0 saturated carbocycles. The lowest BCUT2D eigenvalue weighted by molar-refractivity contribution is 0.324. The van der Waals surface area contributed by atoms with Crippen LogP contribution in [0, 0.1) is 5.82 Å². The van der Waals surface area contributed by atoms with Crippen molar-refractivity contribution in [3.05, 3.63) is 59.4 Å². The Morgan fingerprint density at radius 1 is 0.778 bits per heavy atom. The van der Waals surface area contributed by atoms with Gasteiger partial charge in [0.15, 0.2) is 34.6 Å². The van der Waals surface area contributed by atoms with Gasteiger partial charge in [0.2, 0.25) is 5.75 Å². The lowest BCUT2D eigenvalue weighted by Gasteiger charge is -2.15. The van der Waals surface area contributed by atoms with Gasteiger partial charge < -0.3 is 28.8 Å². The Morgan fingerprint density at radius 3 is 1.89 bits per heavy atom. The number of halogens is 1. The van der Waals surface area contributed by atoms with Crippen LogP contribution in [0.4, 0.5) is 10.1 Å². The summed E-state index contributed by atoms with van der Waals surface area (Å²) in [6.07, 6.45) is 3.24. The first-order valence-corrected chi connectivity index (χ1v) is 11.9. The average molecular weight is 520 g/mol. The third kappa shape index (κ3) is 5.41. The van der Waals surface area contributed by atoms with Gasteiger partial charge in [0.25, 0.3) is 10.0 Å². The first-order valence-electron chi connectivity index (χ1n) is 10.4. The smallest absolute Gasteiger partial charge is 0.262 e. The zero-order chi connectivity index (χ0) is 26.5. The van der Waals surface area contributed by atoms with Crippen LogP contribution in [0.3, 0.4) is 0 Å². The quantitative estimate of drug-likeness (QED) is 0.297. The normalized spacial score (nSPS) is 11.3. The summed E-state index contributed by atoms with van der Waals surface area (Å²) in [5, 5.41) is 10.7. The van der Waals surface area contributed by atoms with Crippen LogP contribution >= 0.6 is 0 Å². The van der Waals surface area contributed by atoms with Crippen molar-refractivity contribution in [3.63, 3.8) is 0 Å². The summed E-state index contributed by atoms with van der Waals surface area (Å²) in [6, 6.07) is 9.64. The predicted octanol–water partition coefficient (Wildman–Crippen LogP) is 4.55. The Kier molecular flexibility index (Phi) is 8.15. The van der Waals surface area contributed by atoms with Gasteiger partial charge in [0.05, 0.1) is 40.4 Å². The van der Waals surface area contributed by atoms with Crippen molar-refractivity contribution >= 4 is 27.9 Å². The van der Waals surface area contributed by atoms with Crippen molar-refractivity contribution in [2.24, 2.45) is 0 Å². The van der Waals surface area contributed by atoms with E-state index < -0.39 is 21.6 Å². The fourth-order valence-electron chi connectivity index (χ4n) is 3.39. The monoisotopic (exact) mass is 519 g/mol. The molecule has 3 aromatic rings. The van der Waals surface area contributed by atoms with Gasteiger partial charge >= 0.3 is 0 Å². The zero-order valence-corrected chi connectivity index (χ0v) is 21.1. The number of aromatic hydroxyl groups is 1. The van der Waals surface area contributed by atoms with E-state index in [1.54, 1.807) is 30.4 Å². The number of rotatable bonds is 10. The standard InChI is InChI=1S/C25H26FNO8S/c1-31-19-11-9-17(14-18(19)26)36(29,30)27-23-16(8-10-20(32-2)24(23)28)7-6-15-12-21(33-3)25(35-5)22(13-15)34-4/h6-14,27-28H,1-5H3. The van der Waals surface area contributed by atoms with Crippen LogP contribution in [-0.4, -0.2) is 49.1 Å². The van der Waals surface area contributed by atoms with Gasteiger partial charge in [-0.3, -0.25) is 4.72 Å². The first kappa shape index (κ1) is 26.5. The average Bonchev–Trinajstić information content (AvgIpc) is 2.88. The molecule has 0 fully saturated rings. The van der Waals surface area contributed by atoms with Gasteiger partial charge in [-0.05, 0) is 48.0 Å². The molecular formula is C25H26FNO8S. The summed E-state index contributed by atoms with van der Waals surface area (Å²) in [7, 11) is 2.77. The summed E-state index contributed by atoms with van der Waals surface area (Å²) < 4.78 is 68.5. The molecule has 36 heavy (non-hydrogen) atoms. The number of phenolic OH excluding ortho intramolecular Hbond substituents is 1. The highest BCUT2D eigenvalue weighted by molar-refractivity contribution is 7.92. The summed E-state index contributed by atoms with van der Waals surface area (Å²) in [5.74, 6) is -0.0851. The van der Waals surface area contributed by atoms with Gasteiger partial charge in [-0.25, -0.2) is 12.8 Å². The number of hydrogen-bond donors (Lipinski definition) is 2. The molecule has 0 aliphatic carbocycles. The van der Waals surface area contributed by atoms with Crippen LogP contribution in [0.15, 0.2) is 47.4 Å². The molecule has 0 atom stereocenters. The van der Waals surface area contributed by atoms with Gasteiger partial charge in [-0.2, -0.15) is 0 Å². The summed E-state index contributed by atoms with van der Waals surface area (Å²) in [5.41, 5.74) is 0.791. The minimum Gasteiger partial charge on any atom is -0.503 e. The number of methoxy groups -OCH3 is 5. The van der Waals surface area contributed by atoms with E-state index in [0.717, 1.165) is 6.07 Å². The SMILES string of the molecule is COc1ccc(S(=O)(=O)Nc2c(C=Cc3cc(OC)c(OC)c(OC)c3)ccc(OC)c2O)cc1F. The molecule has 0 heterocycles. The van der Waals surface area contributed by atoms with Crippen molar-refractivity contribution in [1.82, 2.24) is 0 Å². The third-order valence-corrected chi connectivity index (χ3v) is 6.55. The summed E-state index contributed by atoms with van der Waals surface area (Å²) in [4.78, 5) is -0.359. The Morgan fingerprint density at radius 2 is 1.36 bits per heavy atom. The molecule has 0 saturated heterocycles. The van der Waals surface area contributed by atoms with Gasteiger partial charge in [0, 0.05) is 5.56 Å². The van der Waals surface area contributed by atoms with E-state index in [1.807, 2.05) is 0 Å². The van der Waals surface area contributed by atoms with Gasteiger partial charge in [0.1, 0.15) is 5.69 Å². The van der Waals surface area contributed by atoms with Crippen LogP contribution in [0.2, 0.25) is 0 Å². The lowest BCUT2D eigenvalue weighted by atomic mass is 10.1. The highest BCUT2D eigenvalue weighted by Crippen LogP contribution is 2.41. The van der Waals surface area contributed by atoms with Crippen molar-refractivity contribution in [2.75, 3.05) is 40.3 Å². The summed E-state index contributed by atoms with van der Waals surface area (Å²) >= 11 is 0. The molecule has 0 aromatic heterocycles. The highest BCUT2D eigenvalue weighted by atomic mass is 32.2. The van der Waals surface area contributed by atoms with E-state index in [2.05, 4.69) is 4.72 Å². The van der Waals surface area contributed by atoms with Crippen molar-refractivity contribution < 1.29 is 41.6 Å². The van der Waals surface area contributed by atoms with Crippen LogP contribution in [0.1, 0.15) is 11.1 Å². The number of benzene rings is 3. The molecule has 0 bridgehead atoms. The number of ether oxygens (including phenoxy) is 5. The maximum atomic E-state index is 14.2. The third-order valence-electron chi connectivity index (χ3n) is 5.21. The van der Waals surface area contributed by atoms with E-state index in [0.29, 0.717) is 28.4 Å². The number of anilines is 1. The predicted molar refractivity (Wildman–Crippen MR) is 133 cm³/mol. The van der Waals surface area contributed by atoms with Gasteiger partial charge in [-0.15, -0.1) is 0 Å². The molecule has 9 nitrogen and oxygen atoms in total. The molecule has 0 unspecified atom stereocenters. The first-order chi connectivity index (χ1) is 17.2. The van der Waals surface area contributed by atoms with Crippen LogP contribution < -0.4 is 28.4 Å². The van der Waals surface area contributed by atoms with Crippen LogP contribution in [0.25, 0.3) is 12.2 Å². The van der Waals surface area contributed by atoms with Crippen LogP contribution in [-0.2, 0) is 10.0 Å². The molecule has 0 spiro atoms. The molecule has 0 aliphatic heterocycles. The molecule has 0 radical (unpaired) electrons. The van der Waals surface area contributed by atoms with Crippen LogP contribution in [0.5, 0.6) is 34.5 Å². The Balaban J connectivity index is 2.06. The molecule has 0 aliphatic rings. The molecule has 2 N–H and O–H groups in total. The molecule has 192 valence electrons. The minimum atomic E-state index is -4.30. The second-order valence-corrected chi connectivity index (χ2v) is 8.96. The van der Waals surface area contributed by atoms with E-state index in [4.69, 9.17) is 23.7 Å². The maximum absolute atomic E-state index is 14.2. The van der Waals surface area contributed by atoms with Crippen molar-refractivity contribution in [2.45, 2.75) is 4.90 Å². The molecule has 3 rings (SSSR count). The molecular weight excluding hydrogens is 493 g/mol. The molecule has 11 heteroatoms. The number of sulfonamides is 1. The number of phenols is 1.